The van der Waals surface area contributed by atoms with Gasteiger partial charge in [0, 0.05) is 12.6 Å². The number of nitrogens with two attached hydrogens (primary N) is 1. The van der Waals surface area contributed by atoms with Crippen molar-refractivity contribution in [3.8, 4) is 5.75 Å². The molecule has 0 spiro atoms. The second-order valence-corrected chi connectivity index (χ2v) is 5.94. The Morgan fingerprint density at radius 2 is 1.85 bits per heavy atom. The third-order valence-corrected chi connectivity index (χ3v) is 4.30. The van der Waals surface area contributed by atoms with Crippen molar-refractivity contribution in [2.24, 2.45) is 11.7 Å². The highest BCUT2D eigenvalue weighted by molar-refractivity contribution is 5.44. The van der Waals surface area contributed by atoms with Crippen LogP contribution in [-0.2, 0) is 4.74 Å². The minimum Gasteiger partial charge on any atom is -0.496 e. The van der Waals surface area contributed by atoms with Crippen molar-refractivity contribution in [3.63, 3.8) is 0 Å². The Bertz CT molecular complexity index is 429. The predicted octanol–water partition coefficient (Wildman–Crippen LogP) is 3.52. The summed E-state index contributed by atoms with van der Waals surface area (Å²) < 4.78 is 11.0. The van der Waals surface area contributed by atoms with Crippen molar-refractivity contribution in [2.75, 3.05) is 13.7 Å². The zero-order valence-corrected chi connectivity index (χ0v) is 13.1. The van der Waals surface area contributed by atoms with Crippen LogP contribution in [0.1, 0.15) is 48.9 Å². The fourth-order valence-corrected chi connectivity index (χ4v) is 3.25. The van der Waals surface area contributed by atoms with E-state index in [1.165, 1.54) is 16.7 Å². The highest BCUT2D eigenvalue weighted by atomic mass is 16.5. The van der Waals surface area contributed by atoms with Crippen LogP contribution in [0.5, 0.6) is 5.75 Å². The van der Waals surface area contributed by atoms with Gasteiger partial charge in [0.25, 0.3) is 0 Å². The molecule has 1 aromatic carbocycles. The second kappa shape index (κ2) is 6.59. The van der Waals surface area contributed by atoms with Crippen LogP contribution < -0.4 is 10.5 Å². The average Bonchev–Trinajstić information content (AvgIpc) is 2.35. The lowest BCUT2D eigenvalue weighted by atomic mass is 9.77. The Labute approximate surface area is 122 Å². The molecule has 3 nitrogen and oxygen atoms in total. The Morgan fingerprint density at radius 3 is 2.35 bits per heavy atom. The second-order valence-electron chi connectivity index (χ2n) is 5.94. The first kappa shape index (κ1) is 15.3. The summed E-state index contributed by atoms with van der Waals surface area (Å²) in [4.78, 5) is 0. The van der Waals surface area contributed by atoms with E-state index in [0.717, 1.165) is 31.6 Å². The van der Waals surface area contributed by atoms with Gasteiger partial charge in [-0.3, -0.25) is 0 Å². The molecule has 2 N–H and O–H groups in total. The van der Waals surface area contributed by atoms with E-state index in [-0.39, 0.29) is 6.04 Å². The molecule has 1 fully saturated rings. The predicted molar refractivity (Wildman–Crippen MR) is 82.2 cm³/mol. The van der Waals surface area contributed by atoms with Crippen LogP contribution in [0.2, 0.25) is 0 Å². The highest BCUT2D eigenvalue weighted by Gasteiger charge is 2.31. The van der Waals surface area contributed by atoms with Crippen LogP contribution in [0.25, 0.3) is 0 Å². The Hall–Kier alpha value is -1.06. The number of ether oxygens (including phenoxy) is 2. The van der Waals surface area contributed by atoms with E-state index in [9.17, 15) is 0 Å². The molecule has 2 rings (SSSR count). The molecule has 0 heterocycles. The SMILES string of the molecule is CCOC1CC(CC(N)c2cc(C)c(OC)c(C)c2)C1. The lowest BCUT2D eigenvalue weighted by molar-refractivity contribution is -0.0282. The minimum atomic E-state index is 0.117. The summed E-state index contributed by atoms with van der Waals surface area (Å²) in [5.41, 5.74) is 9.93. The summed E-state index contributed by atoms with van der Waals surface area (Å²) in [6.45, 7) is 7.04. The van der Waals surface area contributed by atoms with Gasteiger partial charge in [-0.15, -0.1) is 0 Å². The molecule has 1 unspecified atom stereocenters. The number of hydrogen-bond acceptors (Lipinski definition) is 3. The molecule has 1 saturated carbocycles. The van der Waals surface area contributed by atoms with E-state index in [1.54, 1.807) is 7.11 Å². The minimum absolute atomic E-state index is 0.117. The van der Waals surface area contributed by atoms with Gasteiger partial charge in [0.05, 0.1) is 13.2 Å². The number of rotatable bonds is 6. The van der Waals surface area contributed by atoms with Gasteiger partial charge in [0.15, 0.2) is 0 Å². The Kier molecular flexibility index (Phi) is 5.06. The smallest absolute Gasteiger partial charge is 0.124 e. The molecule has 112 valence electrons. The fourth-order valence-electron chi connectivity index (χ4n) is 3.25. The van der Waals surface area contributed by atoms with Crippen molar-refractivity contribution in [3.05, 3.63) is 28.8 Å². The monoisotopic (exact) mass is 277 g/mol. The largest absolute Gasteiger partial charge is 0.496 e. The molecular weight excluding hydrogens is 250 g/mol. The summed E-state index contributed by atoms with van der Waals surface area (Å²) in [5, 5.41) is 0. The molecule has 0 aliphatic heterocycles. The Morgan fingerprint density at radius 1 is 1.25 bits per heavy atom. The van der Waals surface area contributed by atoms with Gasteiger partial charge >= 0.3 is 0 Å². The van der Waals surface area contributed by atoms with Gasteiger partial charge in [-0.2, -0.15) is 0 Å². The summed E-state index contributed by atoms with van der Waals surface area (Å²) >= 11 is 0. The van der Waals surface area contributed by atoms with Gasteiger partial charge in [-0.1, -0.05) is 12.1 Å². The van der Waals surface area contributed by atoms with Crippen LogP contribution in [0.3, 0.4) is 0 Å². The maximum Gasteiger partial charge on any atom is 0.124 e. The van der Waals surface area contributed by atoms with E-state index in [2.05, 4.69) is 32.9 Å². The van der Waals surface area contributed by atoms with Crippen molar-refractivity contribution >= 4 is 0 Å². The Balaban J connectivity index is 1.95. The fraction of sp³-hybridized carbons (Fsp3) is 0.647. The molecule has 3 heteroatoms. The lowest BCUT2D eigenvalue weighted by Crippen LogP contribution is -2.33. The normalized spacial score (nSPS) is 23.2. The van der Waals surface area contributed by atoms with Crippen molar-refractivity contribution in [2.45, 2.75) is 52.2 Å². The summed E-state index contributed by atoms with van der Waals surface area (Å²) in [6.07, 6.45) is 3.84. The van der Waals surface area contributed by atoms with E-state index < -0.39 is 0 Å². The molecule has 1 atom stereocenters. The number of aryl methyl sites for hydroxylation is 2. The van der Waals surface area contributed by atoms with Gasteiger partial charge in [0.2, 0.25) is 0 Å². The topological polar surface area (TPSA) is 44.5 Å². The van der Waals surface area contributed by atoms with Gasteiger partial charge < -0.3 is 15.2 Å². The number of benzene rings is 1. The van der Waals surface area contributed by atoms with Gasteiger partial charge in [-0.25, -0.2) is 0 Å². The zero-order valence-electron chi connectivity index (χ0n) is 13.1. The maximum atomic E-state index is 6.37. The van der Waals surface area contributed by atoms with Crippen LogP contribution in [-0.4, -0.2) is 19.8 Å². The molecule has 1 aliphatic carbocycles. The van der Waals surface area contributed by atoms with E-state index in [4.69, 9.17) is 15.2 Å². The first-order valence-corrected chi connectivity index (χ1v) is 7.57. The highest BCUT2D eigenvalue weighted by Crippen LogP contribution is 2.37. The molecule has 0 amide bonds. The van der Waals surface area contributed by atoms with Crippen LogP contribution in [0, 0.1) is 19.8 Å². The van der Waals surface area contributed by atoms with E-state index >= 15 is 0 Å². The summed E-state index contributed by atoms with van der Waals surface area (Å²) in [6, 6.07) is 4.44. The zero-order chi connectivity index (χ0) is 14.7. The van der Waals surface area contributed by atoms with Crippen LogP contribution >= 0.6 is 0 Å². The molecule has 0 radical (unpaired) electrons. The van der Waals surface area contributed by atoms with Crippen LogP contribution in [0.4, 0.5) is 0 Å². The van der Waals surface area contributed by atoms with Crippen LogP contribution in [0.15, 0.2) is 12.1 Å². The number of hydrogen-bond donors (Lipinski definition) is 1. The molecule has 0 bridgehead atoms. The summed E-state index contributed by atoms with van der Waals surface area (Å²) in [5.74, 6) is 1.69. The van der Waals surface area contributed by atoms with E-state index in [0.29, 0.717) is 12.0 Å². The molecular formula is C17H27NO2. The average molecular weight is 277 g/mol. The lowest BCUT2D eigenvalue weighted by Gasteiger charge is -2.36. The first-order valence-electron chi connectivity index (χ1n) is 7.57. The maximum absolute atomic E-state index is 6.37. The molecule has 0 saturated heterocycles. The standard InChI is InChI=1S/C17H27NO2/c1-5-20-15-8-13(9-15)10-16(18)14-6-11(2)17(19-4)12(3)7-14/h6-7,13,15-16H,5,8-10,18H2,1-4H3. The summed E-state index contributed by atoms with van der Waals surface area (Å²) in [7, 11) is 1.72. The van der Waals surface area contributed by atoms with E-state index in [1.807, 2.05) is 0 Å². The molecule has 0 aromatic heterocycles. The van der Waals surface area contributed by atoms with Crippen molar-refractivity contribution in [1.82, 2.24) is 0 Å². The molecule has 1 aliphatic rings. The van der Waals surface area contributed by atoms with Gasteiger partial charge in [0.1, 0.15) is 5.75 Å². The number of methoxy groups -OCH3 is 1. The quantitative estimate of drug-likeness (QED) is 0.865. The van der Waals surface area contributed by atoms with Crippen molar-refractivity contribution < 1.29 is 9.47 Å². The van der Waals surface area contributed by atoms with Crippen molar-refractivity contribution in [1.29, 1.82) is 0 Å². The van der Waals surface area contributed by atoms with Gasteiger partial charge in [-0.05, 0) is 62.6 Å². The molecule has 20 heavy (non-hydrogen) atoms. The third-order valence-electron chi connectivity index (χ3n) is 4.30. The third kappa shape index (κ3) is 3.33. The molecule has 1 aromatic rings. The first-order chi connectivity index (χ1) is 9.55.